The zero-order valence-corrected chi connectivity index (χ0v) is 15.2. The fourth-order valence-electron chi connectivity index (χ4n) is 1.80. The molecule has 0 atom stereocenters. The minimum absolute atomic E-state index is 0.118. The van der Waals surface area contributed by atoms with E-state index in [2.05, 4.69) is 0 Å². The van der Waals surface area contributed by atoms with Crippen molar-refractivity contribution in [2.24, 2.45) is 0 Å². The highest BCUT2D eigenvalue weighted by Crippen LogP contribution is 2.31. The summed E-state index contributed by atoms with van der Waals surface area (Å²) in [7, 11) is -3.90. The molecular formula is C14H13Cl2NO4S2. The number of carbonyl (C=O) groups excluding carboxylic acids is 1. The van der Waals surface area contributed by atoms with Gasteiger partial charge < -0.3 is 4.74 Å². The van der Waals surface area contributed by atoms with Gasteiger partial charge in [-0.25, -0.2) is 8.42 Å². The van der Waals surface area contributed by atoms with E-state index in [4.69, 9.17) is 27.9 Å². The van der Waals surface area contributed by atoms with Gasteiger partial charge in [-0.3, -0.25) is 9.10 Å². The fraction of sp³-hybridized carbons (Fsp3) is 0.214. The van der Waals surface area contributed by atoms with E-state index in [1.54, 1.807) is 18.4 Å². The topological polar surface area (TPSA) is 63.7 Å². The van der Waals surface area contributed by atoms with Crippen LogP contribution < -0.4 is 4.31 Å². The van der Waals surface area contributed by atoms with Gasteiger partial charge in [0.15, 0.2) is 0 Å². The lowest BCUT2D eigenvalue weighted by molar-refractivity contribution is -0.141. The van der Waals surface area contributed by atoms with Crippen LogP contribution in [0.4, 0.5) is 5.69 Å². The van der Waals surface area contributed by atoms with Crippen molar-refractivity contribution in [2.45, 2.75) is 11.1 Å². The number of carbonyl (C=O) groups is 1. The maximum atomic E-state index is 12.8. The molecule has 0 saturated carbocycles. The number of hydrogen-bond donors (Lipinski definition) is 0. The second-order valence-corrected chi connectivity index (χ2v) is 8.20. The lowest BCUT2D eigenvalue weighted by Gasteiger charge is -2.23. The minimum atomic E-state index is -3.90. The molecule has 1 aromatic carbocycles. The average Bonchev–Trinajstić information content (AvgIpc) is 3.03. The number of sulfonamides is 1. The van der Waals surface area contributed by atoms with Gasteiger partial charge in [-0.15, -0.1) is 11.3 Å². The lowest BCUT2D eigenvalue weighted by Crippen LogP contribution is -2.36. The number of ether oxygens (including phenoxy) is 1. The maximum absolute atomic E-state index is 12.8. The third-order valence-corrected chi connectivity index (χ3v) is 6.69. The number of thiophene rings is 1. The van der Waals surface area contributed by atoms with Crippen LogP contribution in [0.2, 0.25) is 10.0 Å². The second kappa shape index (κ2) is 7.53. The molecule has 5 nitrogen and oxygen atoms in total. The first-order valence-corrected chi connectivity index (χ1v) is 9.60. The third kappa shape index (κ3) is 4.17. The standard InChI is InChI=1S/C14H13Cl2NO4S2/c1-2-21-13(18)9-17(10-5-6-11(15)12(16)8-10)23(19,20)14-4-3-7-22-14/h3-8H,2,9H2,1H3. The number of rotatable bonds is 6. The Hall–Kier alpha value is -1.28. The highest BCUT2D eigenvalue weighted by atomic mass is 35.5. The normalized spacial score (nSPS) is 11.3. The van der Waals surface area contributed by atoms with Gasteiger partial charge in [-0.1, -0.05) is 29.3 Å². The monoisotopic (exact) mass is 393 g/mol. The average molecular weight is 394 g/mol. The summed E-state index contributed by atoms with van der Waals surface area (Å²) >= 11 is 12.9. The van der Waals surface area contributed by atoms with Gasteiger partial charge in [0, 0.05) is 0 Å². The van der Waals surface area contributed by atoms with E-state index in [1.165, 1.54) is 24.3 Å². The maximum Gasteiger partial charge on any atom is 0.326 e. The lowest BCUT2D eigenvalue weighted by atomic mass is 10.3. The number of nitrogens with zero attached hydrogens (tertiary/aromatic N) is 1. The number of hydrogen-bond acceptors (Lipinski definition) is 5. The largest absolute Gasteiger partial charge is 0.465 e. The van der Waals surface area contributed by atoms with Gasteiger partial charge in [-0.05, 0) is 36.6 Å². The molecule has 23 heavy (non-hydrogen) atoms. The number of halogens is 2. The van der Waals surface area contributed by atoms with Crippen molar-refractivity contribution in [1.82, 2.24) is 0 Å². The van der Waals surface area contributed by atoms with Gasteiger partial charge in [0.05, 0.1) is 22.3 Å². The summed E-state index contributed by atoms with van der Waals surface area (Å²) in [6.45, 7) is 1.36. The summed E-state index contributed by atoms with van der Waals surface area (Å²) < 4.78 is 31.5. The van der Waals surface area contributed by atoms with Gasteiger partial charge in [0.25, 0.3) is 10.0 Å². The fourth-order valence-corrected chi connectivity index (χ4v) is 4.60. The van der Waals surface area contributed by atoms with Gasteiger partial charge in [-0.2, -0.15) is 0 Å². The van der Waals surface area contributed by atoms with Crippen LogP contribution in [0.15, 0.2) is 39.9 Å². The Morgan fingerprint density at radius 3 is 2.57 bits per heavy atom. The van der Waals surface area contributed by atoms with Gasteiger partial charge in [0.1, 0.15) is 10.8 Å². The summed E-state index contributed by atoms with van der Waals surface area (Å²) in [6, 6.07) is 7.44. The minimum Gasteiger partial charge on any atom is -0.465 e. The van der Waals surface area contributed by atoms with Crippen LogP contribution in [-0.4, -0.2) is 27.5 Å². The molecule has 0 aliphatic heterocycles. The Balaban J connectivity index is 2.47. The predicted octanol–water partition coefficient (Wildman–Crippen LogP) is 3.81. The Labute approximate surface area is 148 Å². The van der Waals surface area contributed by atoms with E-state index >= 15 is 0 Å². The van der Waals surface area contributed by atoms with Crippen molar-refractivity contribution >= 4 is 56.2 Å². The van der Waals surface area contributed by atoms with Crippen LogP contribution in [0.25, 0.3) is 0 Å². The molecule has 2 aromatic rings. The molecule has 0 bridgehead atoms. The summed E-state index contributed by atoms with van der Waals surface area (Å²) in [4.78, 5) is 11.8. The van der Waals surface area contributed by atoms with Crippen molar-refractivity contribution in [1.29, 1.82) is 0 Å². The van der Waals surface area contributed by atoms with E-state index < -0.39 is 22.5 Å². The van der Waals surface area contributed by atoms with Crippen molar-refractivity contribution in [2.75, 3.05) is 17.5 Å². The van der Waals surface area contributed by atoms with E-state index in [0.717, 1.165) is 15.6 Å². The van der Waals surface area contributed by atoms with Crippen LogP contribution in [0.1, 0.15) is 6.92 Å². The highest BCUT2D eigenvalue weighted by molar-refractivity contribution is 7.94. The van der Waals surface area contributed by atoms with Crippen LogP contribution in [-0.2, 0) is 19.6 Å². The molecular weight excluding hydrogens is 381 g/mol. The third-order valence-electron chi connectivity index (χ3n) is 2.81. The van der Waals surface area contributed by atoms with Crippen molar-refractivity contribution < 1.29 is 17.9 Å². The molecule has 1 aromatic heterocycles. The molecule has 0 amide bonds. The molecule has 2 rings (SSSR count). The summed E-state index contributed by atoms with van der Waals surface area (Å²) in [5.74, 6) is -0.654. The van der Waals surface area contributed by atoms with Gasteiger partial charge in [0.2, 0.25) is 0 Å². The SMILES string of the molecule is CCOC(=O)CN(c1ccc(Cl)c(Cl)c1)S(=O)(=O)c1cccs1. The first-order valence-electron chi connectivity index (χ1n) is 6.53. The molecule has 0 N–H and O–H groups in total. The van der Waals surface area contributed by atoms with E-state index in [-0.39, 0.29) is 21.5 Å². The predicted molar refractivity (Wildman–Crippen MR) is 91.9 cm³/mol. The van der Waals surface area contributed by atoms with Crippen LogP contribution in [0, 0.1) is 0 Å². The molecule has 1 heterocycles. The highest BCUT2D eigenvalue weighted by Gasteiger charge is 2.28. The quantitative estimate of drug-likeness (QED) is 0.699. The first-order chi connectivity index (χ1) is 10.9. The van der Waals surface area contributed by atoms with E-state index in [9.17, 15) is 13.2 Å². The molecule has 0 fully saturated rings. The van der Waals surface area contributed by atoms with Gasteiger partial charge >= 0.3 is 5.97 Å². The van der Waals surface area contributed by atoms with E-state index in [0.29, 0.717) is 5.02 Å². The van der Waals surface area contributed by atoms with Crippen molar-refractivity contribution in [3.05, 3.63) is 45.8 Å². The zero-order chi connectivity index (χ0) is 17.0. The number of anilines is 1. The Morgan fingerprint density at radius 1 is 1.26 bits per heavy atom. The van der Waals surface area contributed by atoms with Crippen molar-refractivity contribution in [3.63, 3.8) is 0 Å². The van der Waals surface area contributed by atoms with Crippen LogP contribution in [0.5, 0.6) is 0 Å². The molecule has 0 aliphatic carbocycles. The molecule has 9 heteroatoms. The smallest absolute Gasteiger partial charge is 0.326 e. The molecule has 124 valence electrons. The Morgan fingerprint density at radius 2 is 2.00 bits per heavy atom. The van der Waals surface area contributed by atoms with Crippen molar-refractivity contribution in [3.8, 4) is 0 Å². The summed E-state index contributed by atoms with van der Waals surface area (Å²) in [5.41, 5.74) is 0.237. The first kappa shape index (κ1) is 18.1. The van der Waals surface area contributed by atoms with E-state index in [1.807, 2.05) is 0 Å². The Bertz CT molecular complexity index is 791. The molecule has 0 unspecified atom stereocenters. The molecule has 0 saturated heterocycles. The molecule has 0 spiro atoms. The second-order valence-electron chi connectivity index (χ2n) is 4.35. The zero-order valence-electron chi connectivity index (χ0n) is 12.0. The van der Waals surface area contributed by atoms with Crippen LogP contribution >= 0.6 is 34.5 Å². The molecule has 0 radical (unpaired) electrons. The number of esters is 1. The summed E-state index contributed by atoms with van der Waals surface area (Å²) in [5, 5.41) is 2.13. The van der Waals surface area contributed by atoms with Crippen LogP contribution in [0.3, 0.4) is 0 Å². The molecule has 0 aliphatic rings. The Kier molecular flexibility index (Phi) is 5.91. The number of benzene rings is 1. The summed E-state index contributed by atoms with van der Waals surface area (Å²) in [6.07, 6.45) is 0.